The van der Waals surface area contributed by atoms with Crippen LogP contribution in [0.1, 0.15) is 122 Å². The molecule has 6 amide bonds. The van der Waals surface area contributed by atoms with Gasteiger partial charge in [-0.2, -0.15) is 0 Å². The van der Waals surface area contributed by atoms with Crippen LogP contribution >= 0.6 is 0 Å². The molecule has 3 rings (SSSR count). The molecule has 3 atom stereocenters. The van der Waals surface area contributed by atoms with Gasteiger partial charge in [-0.25, -0.2) is 0 Å². The summed E-state index contributed by atoms with van der Waals surface area (Å²) in [6, 6.07) is 0. The second-order valence-corrected chi connectivity index (χ2v) is 19.6. The Bertz CT molecular complexity index is 1460. The Morgan fingerprint density at radius 3 is 1.15 bits per heavy atom. The standard InChI is InChI=1S/C44H71N5O6/c1-30(27-42(4,5)6)21-33-24-36(50)47(39(33)53)16-14-45-13-15-46(17-19-48-37(51)25-34(40(48)54)22-31(2)28-43(7,8)9)18-20-49-38(52)26-35(41(49)55)23-32(3)29-44(10,11)12/h27-29,33-35,45H,13-26H2,1-12H3/b30-27+,31-28+,32-29+. The first-order chi connectivity index (χ1) is 25.3. The molecule has 0 saturated carbocycles. The third-order valence-corrected chi connectivity index (χ3v) is 10.2. The van der Waals surface area contributed by atoms with E-state index < -0.39 is 0 Å². The van der Waals surface area contributed by atoms with Gasteiger partial charge < -0.3 is 5.32 Å². The van der Waals surface area contributed by atoms with Gasteiger partial charge in [0.05, 0.1) is 17.8 Å². The number of carbonyl (C=O) groups excluding carboxylic acids is 6. The molecule has 3 aliphatic heterocycles. The molecule has 0 aromatic rings. The fourth-order valence-corrected chi connectivity index (χ4v) is 8.37. The van der Waals surface area contributed by atoms with E-state index in [1.54, 1.807) is 0 Å². The molecule has 11 heteroatoms. The highest BCUT2D eigenvalue weighted by Gasteiger charge is 2.41. The summed E-state index contributed by atoms with van der Waals surface area (Å²) in [4.78, 5) is 84.9. The largest absolute Gasteiger partial charge is 0.314 e. The number of imide groups is 3. The number of hydrogen-bond acceptors (Lipinski definition) is 8. The third-order valence-electron chi connectivity index (χ3n) is 10.2. The molecule has 3 fully saturated rings. The highest BCUT2D eigenvalue weighted by atomic mass is 16.2. The van der Waals surface area contributed by atoms with Crippen LogP contribution < -0.4 is 5.32 Å². The summed E-state index contributed by atoms with van der Waals surface area (Å²) >= 11 is 0. The van der Waals surface area contributed by atoms with Crippen molar-refractivity contribution < 1.29 is 28.8 Å². The van der Waals surface area contributed by atoms with Gasteiger partial charge in [-0.05, 0) is 56.3 Å². The van der Waals surface area contributed by atoms with E-state index in [0.717, 1.165) is 16.7 Å². The van der Waals surface area contributed by atoms with Crippen LogP contribution in [0.4, 0.5) is 0 Å². The summed E-state index contributed by atoms with van der Waals surface area (Å²) in [7, 11) is 0. The molecular formula is C44H71N5O6. The first-order valence-electron chi connectivity index (χ1n) is 20.3. The van der Waals surface area contributed by atoms with Crippen LogP contribution in [0.3, 0.4) is 0 Å². The summed E-state index contributed by atoms with van der Waals surface area (Å²) in [6.07, 6.45) is 8.74. The van der Waals surface area contributed by atoms with Gasteiger partial charge in [0.25, 0.3) is 0 Å². The Balaban J connectivity index is 1.61. The molecule has 55 heavy (non-hydrogen) atoms. The van der Waals surface area contributed by atoms with Crippen molar-refractivity contribution in [3.8, 4) is 0 Å². The van der Waals surface area contributed by atoms with Crippen molar-refractivity contribution >= 4 is 35.4 Å². The zero-order valence-corrected chi connectivity index (χ0v) is 36.1. The number of rotatable bonds is 18. The van der Waals surface area contributed by atoms with E-state index in [2.05, 4.69) is 90.8 Å². The number of nitrogens with zero attached hydrogens (tertiary/aromatic N) is 4. The molecule has 0 bridgehead atoms. The monoisotopic (exact) mass is 766 g/mol. The lowest BCUT2D eigenvalue weighted by Crippen LogP contribution is -2.45. The minimum Gasteiger partial charge on any atom is -0.314 e. The molecule has 0 aromatic heterocycles. The summed E-state index contributed by atoms with van der Waals surface area (Å²) in [6.45, 7) is 28.0. The summed E-state index contributed by atoms with van der Waals surface area (Å²) < 4.78 is 0. The first-order valence-corrected chi connectivity index (χ1v) is 20.3. The Morgan fingerprint density at radius 2 is 0.836 bits per heavy atom. The van der Waals surface area contributed by atoms with Gasteiger partial charge >= 0.3 is 0 Å². The zero-order valence-electron chi connectivity index (χ0n) is 36.1. The number of allylic oxidation sites excluding steroid dienone is 6. The SMILES string of the molecule is C/C(=C\C(C)(C)C)CC1CC(=O)N(CCNCCN(CCN2C(=O)CC(C/C(C)=C/C(C)(C)C)C2=O)CCN2C(=O)CC(C/C(C)=C/C(C)(C)C)C2=O)C1=O. The fourth-order valence-electron chi connectivity index (χ4n) is 8.37. The van der Waals surface area contributed by atoms with Gasteiger partial charge in [0.15, 0.2) is 0 Å². The molecule has 0 aromatic carbocycles. The molecule has 11 nitrogen and oxygen atoms in total. The van der Waals surface area contributed by atoms with Gasteiger partial charge in [0.1, 0.15) is 0 Å². The Hall–Kier alpha value is -3.44. The lowest BCUT2D eigenvalue weighted by Gasteiger charge is -2.27. The summed E-state index contributed by atoms with van der Waals surface area (Å²) in [5, 5.41) is 3.35. The van der Waals surface area contributed by atoms with Gasteiger partial charge in [-0.3, -0.25) is 48.4 Å². The number of amides is 6. The molecular weight excluding hydrogens is 695 g/mol. The lowest BCUT2D eigenvalue weighted by molar-refractivity contribution is -0.141. The normalized spacial score (nSPS) is 22.5. The quantitative estimate of drug-likeness (QED) is 0.100. The number of hydrogen-bond donors (Lipinski definition) is 1. The Kier molecular flexibility index (Phi) is 16.0. The van der Waals surface area contributed by atoms with E-state index in [1.165, 1.54) is 14.7 Å². The van der Waals surface area contributed by atoms with E-state index in [4.69, 9.17) is 0 Å². The van der Waals surface area contributed by atoms with Crippen LogP contribution in [-0.4, -0.2) is 107 Å². The van der Waals surface area contributed by atoms with Crippen LogP contribution in [0.2, 0.25) is 0 Å². The molecule has 0 aliphatic carbocycles. The molecule has 308 valence electrons. The van der Waals surface area contributed by atoms with Crippen molar-refractivity contribution in [3.63, 3.8) is 0 Å². The Labute approximate surface area is 331 Å². The van der Waals surface area contributed by atoms with Crippen LogP contribution in [0, 0.1) is 34.0 Å². The summed E-state index contributed by atoms with van der Waals surface area (Å²) in [5.41, 5.74) is 3.26. The molecule has 3 unspecified atom stereocenters. The average Bonchev–Trinajstić information content (AvgIpc) is 3.54. The van der Waals surface area contributed by atoms with E-state index in [0.29, 0.717) is 52.0 Å². The van der Waals surface area contributed by atoms with Crippen molar-refractivity contribution in [2.75, 3.05) is 52.4 Å². The van der Waals surface area contributed by atoms with Crippen molar-refractivity contribution in [1.29, 1.82) is 0 Å². The first kappa shape index (κ1) is 45.9. The molecule has 3 heterocycles. The van der Waals surface area contributed by atoms with Crippen molar-refractivity contribution in [3.05, 3.63) is 34.9 Å². The smallest absolute Gasteiger partial charge is 0.233 e. The minimum absolute atomic E-state index is 0.00240. The van der Waals surface area contributed by atoms with Gasteiger partial charge in [-0.15, -0.1) is 0 Å². The average molecular weight is 766 g/mol. The zero-order chi connectivity index (χ0) is 41.5. The molecule has 0 spiro atoms. The molecule has 1 N–H and O–H groups in total. The predicted octanol–water partition coefficient (Wildman–Crippen LogP) is 6.15. The second-order valence-electron chi connectivity index (χ2n) is 19.6. The second kappa shape index (κ2) is 19.1. The predicted molar refractivity (Wildman–Crippen MR) is 217 cm³/mol. The van der Waals surface area contributed by atoms with Crippen molar-refractivity contribution in [1.82, 2.24) is 24.9 Å². The lowest BCUT2D eigenvalue weighted by atomic mass is 9.90. The Morgan fingerprint density at radius 1 is 0.527 bits per heavy atom. The number of nitrogens with one attached hydrogen (secondary N) is 1. The van der Waals surface area contributed by atoms with E-state index in [-0.39, 0.29) is 108 Å². The molecule has 0 radical (unpaired) electrons. The summed E-state index contributed by atoms with van der Waals surface area (Å²) in [5.74, 6) is -2.01. The maximum atomic E-state index is 13.4. The third kappa shape index (κ3) is 14.9. The van der Waals surface area contributed by atoms with E-state index in [9.17, 15) is 28.8 Å². The molecule has 3 aliphatic rings. The van der Waals surface area contributed by atoms with Crippen LogP contribution in [0.5, 0.6) is 0 Å². The maximum absolute atomic E-state index is 13.4. The topological polar surface area (TPSA) is 127 Å². The van der Waals surface area contributed by atoms with Gasteiger partial charge in [0.2, 0.25) is 35.4 Å². The van der Waals surface area contributed by atoms with Gasteiger partial charge in [0, 0.05) is 71.6 Å². The fraction of sp³-hybridized carbons (Fsp3) is 0.727. The highest BCUT2D eigenvalue weighted by Crippen LogP contribution is 2.31. The van der Waals surface area contributed by atoms with Crippen LogP contribution in [0.15, 0.2) is 34.9 Å². The van der Waals surface area contributed by atoms with Crippen molar-refractivity contribution in [2.24, 2.45) is 34.0 Å². The number of carbonyl (C=O) groups is 6. The maximum Gasteiger partial charge on any atom is 0.233 e. The van der Waals surface area contributed by atoms with Crippen LogP contribution in [0.25, 0.3) is 0 Å². The van der Waals surface area contributed by atoms with Crippen molar-refractivity contribution in [2.45, 2.75) is 122 Å². The minimum atomic E-state index is -0.372. The molecule has 3 saturated heterocycles. The van der Waals surface area contributed by atoms with E-state index >= 15 is 0 Å². The van der Waals surface area contributed by atoms with E-state index in [1.807, 2.05) is 20.8 Å². The highest BCUT2D eigenvalue weighted by molar-refractivity contribution is 6.04. The van der Waals surface area contributed by atoms with Crippen LogP contribution in [-0.2, 0) is 28.8 Å². The van der Waals surface area contributed by atoms with Gasteiger partial charge in [-0.1, -0.05) is 97.3 Å². The number of likely N-dealkylation sites (tertiary alicyclic amines) is 3.